The van der Waals surface area contributed by atoms with E-state index in [1.165, 1.54) is 0 Å². The molecule has 0 radical (unpaired) electrons. The lowest BCUT2D eigenvalue weighted by molar-refractivity contribution is 0.355. The molecular formula is C15H17Cl2N3O2. The van der Waals surface area contributed by atoms with Crippen LogP contribution in [-0.4, -0.2) is 20.2 Å². The highest BCUT2D eigenvalue weighted by molar-refractivity contribution is 6.31. The van der Waals surface area contributed by atoms with Crippen molar-refractivity contribution in [3.63, 3.8) is 0 Å². The maximum absolute atomic E-state index is 6.07. The van der Waals surface area contributed by atoms with Crippen molar-refractivity contribution in [1.82, 2.24) is 0 Å². The Labute approximate surface area is 140 Å². The van der Waals surface area contributed by atoms with Crippen LogP contribution in [0.3, 0.4) is 0 Å². The summed E-state index contributed by atoms with van der Waals surface area (Å²) in [6, 6.07) is 10.8. The van der Waals surface area contributed by atoms with Gasteiger partial charge in [0.25, 0.3) is 0 Å². The summed E-state index contributed by atoms with van der Waals surface area (Å²) in [4.78, 5) is 4.12. The topological polar surface area (TPSA) is 82.9 Å². The number of methoxy groups -OCH3 is 2. The highest BCUT2D eigenvalue weighted by Crippen LogP contribution is 2.37. The van der Waals surface area contributed by atoms with Crippen molar-refractivity contribution in [2.75, 3.05) is 14.2 Å². The van der Waals surface area contributed by atoms with E-state index in [0.29, 0.717) is 22.2 Å². The normalized spacial score (nSPS) is 9.59. The first-order valence-electron chi connectivity index (χ1n) is 6.16. The van der Waals surface area contributed by atoms with E-state index in [4.69, 9.17) is 32.5 Å². The van der Waals surface area contributed by atoms with E-state index in [1.54, 1.807) is 32.4 Å². The third-order valence-electron chi connectivity index (χ3n) is 2.90. The van der Waals surface area contributed by atoms with Gasteiger partial charge in [-0.25, -0.2) is 4.99 Å². The third-order valence-corrected chi connectivity index (χ3v) is 3.14. The van der Waals surface area contributed by atoms with Crippen LogP contribution in [0, 0.1) is 0 Å². The molecule has 0 aliphatic heterocycles. The number of aliphatic imine (C=N–C) groups is 1. The first-order valence-corrected chi connectivity index (χ1v) is 6.54. The second-order valence-corrected chi connectivity index (χ2v) is 4.70. The fourth-order valence-electron chi connectivity index (χ4n) is 1.98. The third kappa shape index (κ3) is 3.96. The summed E-state index contributed by atoms with van der Waals surface area (Å²) in [5, 5.41) is 0.592. The molecule has 0 spiro atoms. The van der Waals surface area contributed by atoms with Gasteiger partial charge in [0, 0.05) is 10.6 Å². The number of rotatable bonds is 4. The summed E-state index contributed by atoms with van der Waals surface area (Å²) in [7, 11) is 3.16. The highest BCUT2D eigenvalue weighted by atomic mass is 35.5. The smallest absolute Gasteiger partial charge is 0.191 e. The van der Waals surface area contributed by atoms with E-state index in [1.807, 2.05) is 18.2 Å². The zero-order valence-electron chi connectivity index (χ0n) is 12.2. The van der Waals surface area contributed by atoms with Gasteiger partial charge in [-0.05, 0) is 35.9 Å². The lowest BCUT2D eigenvalue weighted by Gasteiger charge is -2.11. The Hall–Kier alpha value is -2.11. The summed E-state index contributed by atoms with van der Waals surface area (Å²) in [6.07, 6.45) is 0. The minimum atomic E-state index is -0.0148. The van der Waals surface area contributed by atoms with Crippen LogP contribution in [0.4, 0.5) is 5.69 Å². The lowest BCUT2D eigenvalue weighted by Crippen LogP contribution is -2.21. The summed E-state index contributed by atoms with van der Waals surface area (Å²) in [5.41, 5.74) is 13.2. The molecule has 0 saturated carbocycles. The van der Waals surface area contributed by atoms with Gasteiger partial charge in [-0.15, -0.1) is 12.4 Å². The zero-order chi connectivity index (χ0) is 15.4. The number of ether oxygens (including phenoxy) is 2. The molecule has 4 N–H and O–H groups in total. The molecule has 0 aromatic heterocycles. The van der Waals surface area contributed by atoms with Crippen LogP contribution in [0.1, 0.15) is 0 Å². The molecular weight excluding hydrogens is 325 g/mol. The molecule has 0 heterocycles. The molecule has 0 amide bonds. The maximum atomic E-state index is 6.07. The quantitative estimate of drug-likeness (QED) is 0.659. The molecule has 0 atom stereocenters. The van der Waals surface area contributed by atoms with Gasteiger partial charge in [-0.2, -0.15) is 0 Å². The van der Waals surface area contributed by atoms with Gasteiger partial charge in [0.15, 0.2) is 17.5 Å². The minimum Gasteiger partial charge on any atom is -0.493 e. The maximum Gasteiger partial charge on any atom is 0.191 e. The molecule has 0 aliphatic carbocycles. The fourth-order valence-corrected chi connectivity index (χ4v) is 2.15. The van der Waals surface area contributed by atoms with Gasteiger partial charge in [0.05, 0.1) is 19.9 Å². The predicted molar refractivity (Wildman–Crippen MR) is 92.7 cm³/mol. The van der Waals surface area contributed by atoms with Crippen molar-refractivity contribution < 1.29 is 9.47 Å². The van der Waals surface area contributed by atoms with Gasteiger partial charge in [0.2, 0.25) is 0 Å². The largest absolute Gasteiger partial charge is 0.493 e. The van der Waals surface area contributed by atoms with Gasteiger partial charge in [-0.3, -0.25) is 0 Å². The number of hydrogen-bond donors (Lipinski definition) is 2. The molecule has 0 fully saturated rings. The number of benzene rings is 2. The number of halogens is 2. The Kier molecular flexibility index (Phi) is 6.34. The molecule has 118 valence electrons. The van der Waals surface area contributed by atoms with Crippen molar-refractivity contribution in [2.45, 2.75) is 0 Å². The van der Waals surface area contributed by atoms with Gasteiger partial charge >= 0.3 is 0 Å². The Balaban J connectivity index is 0.00000242. The van der Waals surface area contributed by atoms with Crippen molar-refractivity contribution in [3.05, 3.63) is 41.4 Å². The molecule has 7 heteroatoms. The van der Waals surface area contributed by atoms with Crippen LogP contribution in [-0.2, 0) is 0 Å². The Morgan fingerprint density at radius 3 is 2.27 bits per heavy atom. The van der Waals surface area contributed by atoms with E-state index >= 15 is 0 Å². The monoisotopic (exact) mass is 341 g/mol. The Bertz CT molecular complexity index is 686. The van der Waals surface area contributed by atoms with E-state index in [0.717, 1.165) is 11.1 Å². The van der Waals surface area contributed by atoms with Gasteiger partial charge < -0.3 is 20.9 Å². The molecule has 0 unspecified atom stereocenters. The first kappa shape index (κ1) is 17.9. The average molecular weight is 342 g/mol. The van der Waals surface area contributed by atoms with Crippen LogP contribution in [0.15, 0.2) is 41.4 Å². The second kappa shape index (κ2) is 7.77. The van der Waals surface area contributed by atoms with Crippen molar-refractivity contribution in [2.24, 2.45) is 16.5 Å². The van der Waals surface area contributed by atoms with E-state index in [9.17, 15) is 0 Å². The van der Waals surface area contributed by atoms with Crippen LogP contribution in [0.5, 0.6) is 11.5 Å². The van der Waals surface area contributed by atoms with E-state index < -0.39 is 0 Å². The average Bonchev–Trinajstić information content (AvgIpc) is 2.48. The van der Waals surface area contributed by atoms with Crippen molar-refractivity contribution >= 4 is 35.7 Å². The first-order chi connectivity index (χ1) is 10.0. The van der Waals surface area contributed by atoms with E-state index in [-0.39, 0.29) is 18.4 Å². The molecule has 2 aromatic rings. The highest BCUT2D eigenvalue weighted by Gasteiger charge is 2.10. The number of nitrogens with zero attached hydrogens (tertiary/aromatic N) is 1. The predicted octanol–water partition coefficient (Wildman–Crippen LogP) is 3.35. The fraction of sp³-hybridized carbons (Fsp3) is 0.133. The zero-order valence-corrected chi connectivity index (χ0v) is 13.7. The van der Waals surface area contributed by atoms with Crippen LogP contribution in [0.2, 0.25) is 5.02 Å². The molecule has 0 bridgehead atoms. The Morgan fingerprint density at radius 1 is 1.00 bits per heavy atom. The summed E-state index contributed by atoms with van der Waals surface area (Å²) < 4.78 is 10.5. The van der Waals surface area contributed by atoms with Gasteiger partial charge in [0.1, 0.15) is 0 Å². The summed E-state index contributed by atoms with van der Waals surface area (Å²) in [5.74, 6) is 1.25. The number of hydrogen-bond acceptors (Lipinski definition) is 3. The summed E-state index contributed by atoms with van der Waals surface area (Å²) >= 11 is 6.07. The molecule has 2 rings (SSSR count). The number of guanidine groups is 1. The molecule has 0 aliphatic rings. The van der Waals surface area contributed by atoms with Crippen molar-refractivity contribution in [1.29, 1.82) is 0 Å². The van der Waals surface area contributed by atoms with Crippen LogP contribution >= 0.6 is 24.0 Å². The minimum absolute atomic E-state index is 0. The second-order valence-electron chi connectivity index (χ2n) is 4.27. The van der Waals surface area contributed by atoms with Crippen LogP contribution in [0.25, 0.3) is 11.1 Å². The molecule has 22 heavy (non-hydrogen) atoms. The summed E-state index contributed by atoms with van der Waals surface area (Å²) in [6.45, 7) is 0. The van der Waals surface area contributed by atoms with Crippen LogP contribution < -0.4 is 20.9 Å². The molecule has 5 nitrogen and oxygen atoms in total. The molecule has 0 saturated heterocycles. The Morgan fingerprint density at radius 2 is 1.68 bits per heavy atom. The van der Waals surface area contributed by atoms with Crippen molar-refractivity contribution in [3.8, 4) is 22.6 Å². The van der Waals surface area contributed by atoms with E-state index in [2.05, 4.69) is 4.99 Å². The lowest BCUT2D eigenvalue weighted by atomic mass is 10.0. The standard InChI is InChI=1S/C15H16ClN3O2.ClH/c1-20-13-6-3-9(7-14(13)21-2)11-8-10(16)4-5-12(11)19-15(17)18;/h3-8H,1-2H3,(H4,17,18,19);1H. The SMILES string of the molecule is COc1ccc(-c2cc(Cl)ccc2N=C(N)N)cc1OC.Cl. The number of nitrogens with two attached hydrogens (primary N) is 2. The van der Waals surface area contributed by atoms with Gasteiger partial charge in [-0.1, -0.05) is 17.7 Å². The molecule has 2 aromatic carbocycles.